The number of rotatable bonds is 0. The van der Waals surface area contributed by atoms with Crippen LogP contribution in [-0.2, 0) is 10.8 Å². The van der Waals surface area contributed by atoms with Gasteiger partial charge in [0, 0.05) is 0 Å². The Hall–Kier alpha value is -0.370. The van der Waals surface area contributed by atoms with Gasteiger partial charge < -0.3 is 0 Å². The minimum absolute atomic E-state index is 0.909. The number of allylic oxidation sites excluding steroid dienone is 2. The van der Waals surface area contributed by atoms with Crippen LogP contribution in [0.4, 0.5) is 0 Å². The molecule has 0 aliphatic carbocycles. The van der Waals surface area contributed by atoms with E-state index < -0.39 is 10.8 Å². The summed E-state index contributed by atoms with van der Waals surface area (Å²) in [6.45, 7) is 0. The first-order valence-electron chi connectivity index (χ1n) is 1.56. The van der Waals surface area contributed by atoms with E-state index in [4.69, 9.17) is 0 Å². The standard InChI is InChI=1S/C4H3OS/c5-6-3-1-2-4-6/h1-3H/q-1. The van der Waals surface area contributed by atoms with Crippen molar-refractivity contribution in [3.63, 3.8) is 0 Å². The molecule has 1 nitrogen and oxygen atoms in total. The van der Waals surface area contributed by atoms with Crippen molar-refractivity contribution >= 4 is 10.8 Å². The topological polar surface area (TPSA) is 17.1 Å². The minimum atomic E-state index is -0.909. The summed E-state index contributed by atoms with van der Waals surface area (Å²) in [6.07, 6.45) is 3.37. The molecule has 1 heterocycles. The molecule has 0 aromatic carbocycles. The molecular weight excluding hydrogens is 96.1 g/mol. The van der Waals surface area contributed by atoms with Crippen LogP contribution in [0.1, 0.15) is 0 Å². The van der Waals surface area contributed by atoms with E-state index in [0.717, 1.165) is 0 Å². The molecule has 0 radical (unpaired) electrons. The highest BCUT2D eigenvalue weighted by Gasteiger charge is 1.73. The third kappa shape index (κ3) is 0.571. The van der Waals surface area contributed by atoms with E-state index in [9.17, 15) is 4.21 Å². The predicted octanol–water partition coefficient (Wildman–Crippen LogP) is 0.579. The summed E-state index contributed by atoms with van der Waals surface area (Å²) in [5, 5.41) is 4.14. The molecule has 0 bridgehead atoms. The smallest absolute Gasteiger partial charge is 0.0401 e. The molecule has 0 N–H and O–H groups in total. The van der Waals surface area contributed by atoms with Crippen LogP contribution in [0.25, 0.3) is 0 Å². The van der Waals surface area contributed by atoms with Crippen LogP contribution in [0.3, 0.4) is 0 Å². The van der Waals surface area contributed by atoms with Gasteiger partial charge in [-0.25, -0.2) is 12.2 Å². The Labute approximate surface area is 38.8 Å². The van der Waals surface area contributed by atoms with Crippen molar-refractivity contribution in [3.05, 3.63) is 23.0 Å². The van der Waals surface area contributed by atoms with E-state index in [1.54, 1.807) is 17.6 Å². The van der Waals surface area contributed by atoms with E-state index in [1.807, 2.05) is 0 Å². The van der Waals surface area contributed by atoms with Crippen LogP contribution in [0.2, 0.25) is 0 Å². The second-order valence-corrected chi connectivity index (χ2v) is 2.01. The van der Waals surface area contributed by atoms with Crippen LogP contribution in [0, 0.1) is 5.41 Å². The van der Waals surface area contributed by atoms with Crippen LogP contribution >= 0.6 is 0 Å². The van der Waals surface area contributed by atoms with Crippen molar-refractivity contribution in [3.8, 4) is 0 Å². The van der Waals surface area contributed by atoms with E-state index in [0.29, 0.717) is 0 Å². The van der Waals surface area contributed by atoms with Crippen molar-refractivity contribution in [1.29, 1.82) is 0 Å². The van der Waals surface area contributed by atoms with Gasteiger partial charge in [0.25, 0.3) is 0 Å². The molecule has 0 aromatic rings. The van der Waals surface area contributed by atoms with E-state index >= 15 is 0 Å². The molecule has 2 heteroatoms. The molecule has 0 saturated heterocycles. The van der Waals surface area contributed by atoms with Crippen molar-refractivity contribution < 1.29 is 4.21 Å². The first kappa shape index (κ1) is 3.81. The monoisotopic (exact) mass is 99.0 g/mol. The second-order valence-electron chi connectivity index (χ2n) is 0.910. The fourth-order valence-electron chi connectivity index (χ4n) is 0.256. The molecular formula is C4H3OS-. The lowest BCUT2D eigenvalue weighted by Gasteiger charge is -1.77. The molecule has 0 amide bonds. The van der Waals surface area contributed by atoms with E-state index in [1.165, 1.54) is 0 Å². The maximum absolute atomic E-state index is 10.1. The SMILES string of the molecule is O=S1[C-]=CC=C1. The fourth-order valence-corrected chi connectivity index (χ4v) is 0.769. The third-order valence-electron chi connectivity index (χ3n) is 0.483. The summed E-state index contributed by atoms with van der Waals surface area (Å²) in [6, 6.07) is 0. The van der Waals surface area contributed by atoms with Gasteiger partial charge in [-0.2, -0.15) is 5.41 Å². The molecule has 0 aromatic heterocycles. The van der Waals surface area contributed by atoms with Gasteiger partial charge in [-0.05, 0) is 10.8 Å². The van der Waals surface area contributed by atoms with Crippen LogP contribution < -0.4 is 0 Å². The summed E-state index contributed by atoms with van der Waals surface area (Å²) in [4.78, 5) is 0. The van der Waals surface area contributed by atoms with Gasteiger partial charge in [0.2, 0.25) is 0 Å². The normalized spacial score (nSPS) is 29.0. The van der Waals surface area contributed by atoms with E-state index in [-0.39, 0.29) is 0 Å². The quantitative estimate of drug-likeness (QED) is 0.406. The van der Waals surface area contributed by atoms with Gasteiger partial charge in [0.1, 0.15) is 0 Å². The summed E-state index contributed by atoms with van der Waals surface area (Å²) in [5.74, 6) is 0. The lowest BCUT2D eigenvalue weighted by atomic mass is 10.6. The van der Waals surface area contributed by atoms with Crippen molar-refractivity contribution in [2.45, 2.75) is 0 Å². The average molecular weight is 99.1 g/mol. The highest BCUT2D eigenvalue weighted by atomic mass is 32.2. The van der Waals surface area contributed by atoms with Crippen LogP contribution in [0.5, 0.6) is 0 Å². The molecule has 0 spiro atoms. The van der Waals surface area contributed by atoms with Crippen LogP contribution in [-0.4, -0.2) is 4.21 Å². The van der Waals surface area contributed by atoms with Gasteiger partial charge in [0.05, 0.1) is 0 Å². The molecule has 1 rings (SSSR count). The molecule has 1 aliphatic rings. The van der Waals surface area contributed by atoms with E-state index in [2.05, 4.69) is 5.41 Å². The predicted molar refractivity (Wildman–Crippen MR) is 25.1 cm³/mol. The number of hydrogen-bond acceptors (Lipinski definition) is 1. The molecule has 6 heavy (non-hydrogen) atoms. The maximum atomic E-state index is 10.1. The third-order valence-corrected chi connectivity index (χ3v) is 1.26. The second kappa shape index (κ2) is 1.39. The Balaban J connectivity index is 2.86. The largest absolute Gasteiger partial charge is 0.272 e. The first-order valence-corrected chi connectivity index (χ1v) is 2.77. The average Bonchev–Trinajstić information content (AvgIpc) is 1.86. The maximum Gasteiger partial charge on any atom is -0.0401 e. The van der Waals surface area contributed by atoms with Crippen molar-refractivity contribution in [2.75, 3.05) is 0 Å². The summed E-state index contributed by atoms with van der Waals surface area (Å²) in [7, 11) is -0.909. The van der Waals surface area contributed by atoms with Gasteiger partial charge in [-0.3, -0.25) is 4.21 Å². The Bertz CT molecular complexity index is 110. The van der Waals surface area contributed by atoms with Gasteiger partial charge in [0.15, 0.2) is 0 Å². The Morgan fingerprint density at radius 2 is 2.50 bits per heavy atom. The Morgan fingerprint density at radius 1 is 1.67 bits per heavy atom. The zero-order valence-corrected chi connectivity index (χ0v) is 3.87. The number of hydrogen-bond donors (Lipinski definition) is 0. The molecule has 0 saturated carbocycles. The highest BCUT2D eigenvalue weighted by Crippen LogP contribution is 1.93. The zero-order chi connectivity index (χ0) is 4.41. The Kier molecular flexibility index (Phi) is 0.881. The highest BCUT2D eigenvalue weighted by molar-refractivity contribution is 7.89. The molecule has 1 aliphatic heterocycles. The summed E-state index contributed by atoms with van der Waals surface area (Å²) >= 11 is 0. The summed E-state index contributed by atoms with van der Waals surface area (Å²) in [5.41, 5.74) is 0. The lowest BCUT2D eigenvalue weighted by molar-refractivity contribution is 0.693. The van der Waals surface area contributed by atoms with Crippen molar-refractivity contribution in [1.82, 2.24) is 0 Å². The first-order chi connectivity index (χ1) is 2.89. The lowest BCUT2D eigenvalue weighted by Crippen LogP contribution is -1.64. The van der Waals surface area contributed by atoms with Crippen LogP contribution in [0.15, 0.2) is 17.6 Å². The fraction of sp³-hybridized carbons (Fsp3) is 0. The van der Waals surface area contributed by atoms with Crippen molar-refractivity contribution in [2.24, 2.45) is 0 Å². The molecule has 0 fully saturated rings. The molecule has 1 unspecified atom stereocenters. The Morgan fingerprint density at radius 3 is 2.67 bits per heavy atom. The minimum Gasteiger partial charge on any atom is -0.272 e. The van der Waals surface area contributed by atoms with Gasteiger partial charge >= 0.3 is 0 Å². The zero-order valence-electron chi connectivity index (χ0n) is 3.05. The summed E-state index contributed by atoms with van der Waals surface area (Å²) < 4.78 is 10.1. The molecule has 32 valence electrons. The van der Waals surface area contributed by atoms with Gasteiger partial charge in [-0.15, -0.1) is 0 Å². The molecule has 1 atom stereocenters. The van der Waals surface area contributed by atoms with Gasteiger partial charge in [-0.1, -0.05) is 5.41 Å².